The Hall–Kier alpha value is -4.41. The van der Waals surface area contributed by atoms with Crippen molar-refractivity contribution >= 4 is 29.0 Å². The number of rotatable bonds is 5. The van der Waals surface area contributed by atoms with Crippen molar-refractivity contribution in [3.05, 3.63) is 70.9 Å². The highest BCUT2D eigenvalue weighted by atomic mass is 16.6. The van der Waals surface area contributed by atoms with Crippen LogP contribution in [0.15, 0.2) is 55.1 Å². The summed E-state index contributed by atoms with van der Waals surface area (Å²) in [7, 11) is 0. The highest BCUT2D eigenvalue weighted by molar-refractivity contribution is 5.73. The number of carbonyl (C=O) groups is 1. The maximum atomic E-state index is 11.4. The molecule has 0 atom stereocenters. The predicted octanol–water partition coefficient (Wildman–Crippen LogP) is 3.35. The average Bonchev–Trinajstić information content (AvgIpc) is 2.79. The van der Waals surface area contributed by atoms with Crippen molar-refractivity contribution in [1.29, 1.82) is 0 Å². The zero-order valence-corrected chi connectivity index (χ0v) is 16.2. The molecule has 0 saturated carbocycles. The number of pyridine rings is 2. The smallest absolute Gasteiger partial charge is 0.407 e. The van der Waals surface area contributed by atoms with Gasteiger partial charge in [0.25, 0.3) is 5.69 Å². The molecule has 11 nitrogen and oxygen atoms in total. The molecule has 1 amide bonds. The minimum atomic E-state index is -0.957. The summed E-state index contributed by atoms with van der Waals surface area (Å²) in [6, 6.07) is 6.22. The van der Waals surface area contributed by atoms with Crippen LogP contribution in [0.5, 0.6) is 0 Å². The molecular formula is C20H17N7O4. The van der Waals surface area contributed by atoms with Crippen LogP contribution >= 0.6 is 0 Å². The number of aromatic nitrogens is 4. The number of hydrogen-bond donors (Lipinski definition) is 2. The Morgan fingerprint density at radius 2 is 2.00 bits per heavy atom. The fraction of sp³-hybridized carbons (Fsp3) is 0.150. The molecule has 0 saturated heterocycles. The second-order valence-electron chi connectivity index (χ2n) is 6.71. The molecule has 0 aromatic carbocycles. The SMILES string of the molecule is O=C(O)N1CC=C(c2cc(-c3cc([N+](=O)[O-])cc(Nc4cnccn4)n3)ccn2)CC1. The van der Waals surface area contributed by atoms with Gasteiger partial charge < -0.3 is 15.3 Å². The van der Waals surface area contributed by atoms with Crippen LogP contribution in [-0.4, -0.2) is 54.0 Å². The van der Waals surface area contributed by atoms with E-state index in [-0.39, 0.29) is 18.1 Å². The minimum absolute atomic E-state index is 0.122. The van der Waals surface area contributed by atoms with E-state index in [0.29, 0.717) is 35.7 Å². The Kier molecular flexibility index (Phi) is 5.47. The summed E-state index contributed by atoms with van der Waals surface area (Å²) in [4.78, 5) is 40.3. The molecule has 0 radical (unpaired) electrons. The molecule has 4 heterocycles. The molecule has 1 aliphatic heterocycles. The topological polar surface area (TPSA) is 147 Å². The van der Waals surface area contributed by atoms with Gasteiger partial charge in [-0.15, -0.1) is 0 Å². The molecule has 0 spiro atoms. The van der Waals surface area contributed by atoms with Crippen LogP contribution in [0.25, 0.3) is 16.8 Å². The maximum absolute atomic E-state index is 11.4. The van der Waals surface area contributed by atoms with Crippen LogP contribution in [0, 0.1) is 10.1 Å². The van der Waals surface area contributed by atoms with Gasteiger partial charge >= 0.3 is 6.09 Å². The van der Waals surface area contributed by atoms with Crippen molar-refractivity contribution in [3.8, 4) is 11.3 Å². The lowest BCUT2D eigenvalue weighted by Gasteiger charge is -2.23. The van der Waals surface area contributed by atoms with Gasteiger partial charge in [-0.25, -0.2) is 14.8 Å². The van der Waals surface area contributed by atoms with E-state index < -0.39 is 11.0 Å². The summed E-state index contributed by atoms with van der Waals surface area (Å²) in [5, 5.41) is 23.5. The van der Waals surface area contributed by atoms with Crippen LogP contribution < -0.4 is 5.32 Å². The van der Waals surface area contributed by atoms with E-state index in [4.69, 9.17) is 5.11 Å². The van der Waals surface area contributed by atoms with Gasteiger partial charge in [-0.3, -0.25) is 20.1 Å². The van der Waals surface area contributed by atoms with Gasteiger partial charge in [-0.05, 0) is 24.1 Å². The number of nitrogens with one attached hydrogen (secondary N) is 1. The second-order valence-corrected chi connectivity index (χ2v) is 6.71. The van der Waals surface area contributed by atoms with Gasteiger partial charge in [0.2, 0.25) is 0 Å². The van der Waals surface area contributed by atoms with E-state index in [1.807, 2.05) is 6.08 Å². The zero-order chi connectivity index (χ0) is 21.8. The second kappa shape index (κ2) is 8.53. The first-order valence-corrected chi connectivity index (χ1v) is 9.33. The van der Waals surface area contributed by atoms with Gasteiger partial charge in [-0.1, -0.05) is 6.08 Å². The number of nitro groups is 1. The maximum Gasteiger partial charge on any atom is 0.407 e. The van der Waals surface area contributed by atoms with Crippen LogP contribution in [0.3, 0.4) is 0 Å². The number of carboxylic acid groups (broad SMARTS) is 1. The molecule has 0 bridgehead atoms. The fourth-order valence-corrected chi connectivity index (χ4v) is 3.17. The van der Waals surface area contributed by atoms with E-state index in [1.165, 1.54) is 35.6 Å². The minimum Gasteiger partial charge on any atom is -0.465 e. The van der Waals surface area contributed by atoms with Gasteiger partial charge in [0.1, 0.15) is 11.6 Å². The monoisotopic (exact) mass is 419 g/mol. The lowest BCUT2D eigenvalue weighted by molar-refractivity contribution is -0.384. The third-order valence-electron chi connectivity index (χ3n) is 4.70. The van der Waals surface area contributed by atoms with E-state index in [2.05, 4.69) is 25.3 Å². The molecular weight excluding hydrogens is 402 g/mol. The van der Waals surface area contributed by atoms with Crippen molar-refractivity contribution in [2.75, 3.05) is 18.4 Å². The van der Waals surface area contributed by atoms with Gasteiger partial charge in [-0.2, -0.15) is 0 Å². The van der Waals surface area contributed by atoms with E-state index >= 15 is 0 Å². The summed E-state index contributed by atoms with van der Waals surface area (Å²) >= 11 is 0. The summed E-state index contributed by atoms with van der Waals surface area (Å²) in [6.45, 7) is 0.673. The normalized spacial score (nSPS) is 13.4. The van der Waals surface area contributed by atoms with E-state index in [1.54, 1.807) is 18.3 Å². The Labute approximate surface area is 176 Å². The van der Waals surface area contributed by atoms with Crippen molar-refractivity contribution < 1.29 is 14.8 Å². The first-order valence-electron chi connectivity index (χ1n) is 9.33. The highest BCUT2D eigenvalue weighted by Gasteiger charge is 2.18. The Bertz CT molecular complexity index is 1170. The third kappa shape index (κ3) is 4.61. The van der Waals surface area contributed by atoms with Gasteiger partial charge in [0.05, 0.1) is 28.6 Å². The van der Waals surface area contributed by atoms with E-state index in [9.17, 15) is 14.9 Å². The summed E-state index contributed by atoms with van der Waals surface area (Å²) < 4.78 is 0. The number of amides is 1. The summed E-state index contributed by atoms with van der Waals surface area (Å²) in [5.74, 6) is 0.671. The van der Waals surface area contributed by atoms with E-state index in [0.717, 1.165) is 5.57 Å². The Morgan fingerprint density at radius 1 is 1.13 bits per heavy atom. The van der Waals surface area contributed by atoms with Crippen molar-refractivity contribution in [1.82, 2.24) is 24.8 Å². The molecule has 11 heteroatoms. The van der Waals surface area contributed by atoms with Gasteiger partial charge in [0, 0.05) is 43.3 Å². The molecule has 4 rings (SSSR count). The number of nitrogens with zero attached hydrogens (tertiary/aromatic N) is 6. The lowest BCUT2D eigenvalue weighted by atomic mass is 10.0. The third-order valence-corrected chi connectivity index (χ3v) is 4.70. The molecule has 3 aromatic heterocycles. The molecule has 31 heavy (non-hydrogen) atoms. The summed E-state index contributed by atoms with van der Waals surface area (Å²) in [5.41, 5.74) is 2.52. The summed E-state index contributed by atoms with van der Waals surface area (Å²) in [6.07, 6.45) is 7.51. The Morgan fingerprint density at radius 3 is 2.68 bits per heavy atom. The lowest BCUT2D eigenvalue weighted by Crippen LogP contribution is -2.33. The fourth-order valence-electron chi connectivity index (χ4n) is 3.17. The molecule has 1 aliphatic rings. The Balaban J connectivity index is 1.67. The number of anilines is 2. The largest absolute Gasteiger partial charge is 0.465 e. The van der Waals surface area contributed by atoms with Gasteiger partial charge in [0.15, 0.2) is 0 Å². The highest BCUT2D eigenvalue weighted by Crippen LogP contribution is 2.29. The van der Waals surface area contributed by atoms with Crippen molar-refractivity contribution in [2.45, 2.75) is 6.42 Å². The van der Waals surface area contributed by atoms with Crippen LogP contribution in [0.4, 0.5) is 22.1 Å². The molecule has 2 N–H and O–H groups in total. The van der Waals surface area contributed by atoms with Crippen LogP contribution in [0.1, 0.15) is 12.1 Å². The molecule has 0 aliphatic carbocycles. The quantitative estimate of drug-likeness (QED) is 0.469. The van der Waals surface area contributed by atoms with Crippen molar-refractivity contribution in [2.24, 2.45) is 0 Å². The molecule has 0 fully saturated rings. The molecule has 156 valence electrons. The first kappa shape index (κ1) is 19.9. The predicted molar refractivity (Wildman–Crippen MR) is 112 cm³/mol. The van der Waals surface area contributed by atoms with Crippen LogP contribution in [-0.2, 0) is 0 Å². The molecule has 3 aromatic rings. The first-order chi connectivity index (χ1) is 15.0. The standard InChI is InChI=1S/C20H17N7O4/c28-20(29)26-7-2-13(3-8-26)16-9-14(1-4-22-16)17-10-15(27(30)31)11-18(24-17)25-19-12-21-5-6-23-19/h1-2,4-6,9-12H,3,7-8H2,(H,28,29)(H,23,24,25). The van der Waals surface area contributed by atoms with Crippen molar-refractivity contribution in [3.63, 3.8) is 0 Å². The molecule has 0 unspecified atom stereocenters. The average molecular weight is 419 g/mol. The number of hydrogen-bond acceptors (Lipinski definition) is 8. The van der Waals surface area contributed by atoms with Crippen LogP contribution in [0.2, 0.25) is 0 Å². The zero-order valence-electron chi connectivity index (χ0n) is 16.2.